The zero-order valence-electron chi connectivity index (χ0n) is 16.8. The van der Waals surface area contributed by atoms with E-state index < -0.39 is 0 Å². The molecule has 0 amide bonds. The summed E-state index contributed by atoms with van der Waals surface area (Å²) in [4.78, 5) is 14.8. The van der Waals surface area contributed by atoms with Crippen LogP contribution in [0, 0.1) is 0 Å². The minimum Gasteiger partial charge on any atom is -0.471 e. The van der Waals surface area contributed by atoms with Crippen molar-refractivity contribution in [1.82, 2.24) is 0 Å². The van der Waals surface area contributed by atoms with Gasteiger partial charge in [0.15, 0.2) is 6.73 Å². The van der Waals surface area contributed by atoms with Crippen molar-refractivity contribution in [2.24, 2.45) is 0 Å². The van der Waals surface area contributed by atoms with Gasteiger partial charge in [0, 0.05) is 16.6 Å². The molecule has 1 aliphatic carbocycles. The number of rotatable bonds is 2. The average Bonchev–Trinajstić information content (AvgIpc) is 2.75. The van der Waals surface area contributed by atoms with Gasteiger partial charge in [-0.1, -0.05) is 37.6 Å². The number of ether oxygens (including phenoxy) is 1. The predicted molar refractivity (Wildman–Crippen MR) is 116 cm³/mol. The summed E-state index contributed by atoms with van der Waals surface area (Å²) in [6.45, 7) is 5.38. The van der Waals surface area contributed by atoms with E-state index in [9.17, 15) is 4.79 Å². The third-order valence-electron chi connectivity index (χ3n) is 6.15. The lowest BCUT2D eigenvalue weighted by Crippen LogP contribution is -2.32. The minimum absolute atomic E-state index is 0.213. The van der Waals surface area contributed by atoms with E-state index in [2.05, 4.69) is 43.0 Å². The Labute approximate surface area is 175 Å². The maximum atomic E-state index is 12.6. The lowest BCUT2D eigenvalue weighted by Gasteiger charge is -2.32. The zero-order chi connectivity index (χ0) is 20.1. The highest BCUT2D eigenvalue weighted by Crippen LogP contribution is 2.41. The fourth-order valence-corrected chi connectivity index (χ4v) is 4.78. The molecule has 4 nitrogen and oxygen atoms in total. The lowest BCUT2D eigenvalue weighted by atomic mass is 9.90. The molecule has 0 N–H and O–H groups in total. The fraction of sp³-hybridized carbons (Fsp3) is 0.375. The molecule has 2 aliphatic rings. The van der Waals surface area contributed by atoms with Crippen LogP contribution in [0.4, 0.5) is 5.69 Å². The standard InChI is InChI=1S/C24H24ClNO3/c1-14(2)15-7-9-16(10-8-15)26-12-20-22-19(11-21(25)23(20)28-13-26)17-5-3-4-6-18(17)24(27)29-22/h7-11,14H,3-6,12-13H2,1-2H3. The third kappa shape index (κ3) is 3.10. The van der Waals surface area contributed by atoms with Crippen LogP contribution in [0.5, 0.6) is 5.75 Å². The highest BCUT2D eigenvalue weighted by atomic mass is 35.5. The molecule has 0 radical (unpaired) electrons. The Kier molecular flexibility index (Phi) is 4.54. The number of benzene rings is 2. The molecular weight excluding hydrogens is 386 g/mol. The first-order valence-electron chi connectivity index (χ1n) is 10.3. The van der Waals surface area contributed by atoms with Crippen molar-refractivity contribution in [2.45, 2.75) is 52.0 Å². The maximum Gasteiger partial charge on any atom is 0.339 e. The van der Waals surface area contributed by atoms with Crippen LogP contribution in [0.25, 0.3) is 11.0 Å². The second-order valence-electron chi connectivity index (χ2n) is 8.31. The molecule has 3 aromatic rings. The minimum atomic E-state index is -0.213. The number of nitrogens with zero attached hydrogens (tertiary/aromatic N) is 1. The summed E-state index contributed by atoms with van der Waals surface area (Å²) in [5.41, 5.74) is 5.57. The molecule has 0 spiro atoms. The SMILES string of the molecule is CC(C)c1ccc(N2COc3c(Cl)cc4c5c(c(=O)oc4c3C2)CCCC5)cc1. The first kappa shape index (κ1) is 18.6. The van der Waals surface area contributed by atoms with Crippen molar-refractivity contribution in [2.75, 3.05) is 11.6 Å². The smallest absolute Gasteiger partial charge is 0.339 e. The van der Waals surface area contributed by atoms with Crippen LogP contribution in [0.15, 0.2) is 39.5 Å². The van der Waals surface area contributed by atoms with Crippen LogP contribution in [0.2, 0.25) is 5.02 Å². The summed E-state index contributed by atoms with van der Waals surface area (Å²) in [6.07, 6.45) is 3.80. The highest BCUT2D eigenvalue weighted by Gasteiger charge is 2.27. The van der Waals surface area contributed by atoms with E-state index in [1.54, 1.807) is 0 Å². The number of halogens is 1. The Balaban J connectivity index is 1.61. The lowest BCUT2D eigenvalue weighted by molar-refractivity contribution is 0.289. The van der Waals surface area contributed by atoms with Crippen LogP contribution in [-0.4, -0.2) is 6.73 Å². The van der Waals surface area contributed by atoms with Crippen molar-refractivity contribution >= 4 is 28.3 Å². The van der Waals surface area contributed by atoms with E-state index in [0.717, 1.165) is 53.4 Å². The molecule has 0 fully saturated rings. The molecular formula is C24H24ClNO3. The summed E-state index contributed by atoms with van der Waals surface area (Å²) in [5.74, 6) is 1.12. The molecule has 29 heavy (non-hydrogen) atoms. The Morgan fingerprint density at radius 2 is 1.76 bits per heavy atom. The predicted octanol–water partition coefficient (Wildman–Crippen LogP) is 5.81. The summed E-state index contributed by atoms with van der Waals surface area (Å²) in [7, 11) is 0. The van der Waals surface area contributed by atoms with Crippen molar-refractivity contribution < 1.29 is 9.15 Å². The summed E-state index contributed by atoms with van der Waals surface area (Å²) in [6, 6.07) is 10.5. The van der Waals surface area contributed by atoms with Gasteiger partial charge in [0.05, 0.1) is 17.1 Å². The summed E-state index contributed by atoms with van der Waals surface area (Å²) in [5, 5.41) is 1.55. The molecule has 5 heteroatoms. The molecule has 0 saturated carbocycles. The van der Waals surface area contributed by atoms with Gasteiger partial charge in [0.2, 0.25) is 0 Å². The first-order chi connectivity index (χ1) is 14.0. The Morgan fingerprint density at radius 3 is 2.48 bits per heavy atom. The molecule has 0 saturated heterocycles. The second kappa shape index (κ2) is 7.10. The Hall–Kier alpha value is -2.46. The number of hydrogen-bond acceptors (Lipinski definition) is 4. The fourth-order valence-electron chi connectivity index (χ4n) is 4.50. The second-order valence-corrected chi connectivity index (χ2v) is 8.72. The molecule has 0 atom stereocenters. The Bertz CT molecular complexity index is 1150. The number of aryl methyl sites for hydroxylation is 1. The summed E-state index contributed by atoms with van der Waals surface area (Å²) < 4.78 is 11.9. The van der Waals surface area contributed by atoms with Gasteiger partial charge in [-0.15, -0.1) is 0 Å². The quantitative estimate of drug-likeness (QED) is 0.501. The van der Waals surface area contributed by atoms with E-state index in [0.29, 0.717) is 35.5 Å². The van der Waals surface area contributed by atoms with Crippen LogP contribution in [-0.2, 0) is 19.4 Å². The van der Waals surface area contributed by atoms with Crippen LogP contribution in [0.3, 0.4) is 0 Å². The van der Waals surface area contributed by atoms with Gasteiger partial charge in [-0.05, 0) is 60.9 Å². The van der Waals surface area contributed by atoms with Crippen molar-refractivity contribution in [1.29, 1.82) is 0 Å². The Morgan fingerprint density at radius 1 is 1.03 bits per heavy atom. The van der Waals surface area contributed by atoms with E-state index in [-0.39, 0.29) is 5.63 Å². The van der Waals surface area contributed by atoms with E-state index >= 15 is 0 Å². The van der Waals surface area contributed by atoms with E-state index in [1.807, 2.05) is 6.07 Å². The molecule has 1 aliphatic heterocycles. The zero-order valence-corrected chi connectivity index (χ0v) is 17.5. The average molecular weight is 410 g/mol. The topological polar surface area (TPSA) is 42.7 Å². The van der Waals surface area contributed by atoms with E-state index in [4.69, 9.17) is 20.8 Å². The van der Waals surface area contributed by atoms with Gasteiger partial charge in [0.1, 0.15) is 11.3 Å². The number of fused-ring (bicyclic) bond motifs is 5. The molecule has 0 bridgehead atoms. The molecule has 150 valence electrons. The van der Waals surface area contributed by atoms with Gasteiger partial charge in [-0.2, -0.15) is 0 Å². The van der Waals surface area contributed by atoms with Gasteiger partial charge in [-0.25, -0.2) is 4.79 Å². The summed E-state index contributed by atoms with van der Waals surface area (Å²) >= 11 is 6.59. The first-order valence-corrected chi connectivity index (χ1v) is 10.7. The monoisotopic (exact) mass is 409 g/mol. The molecule has 0 unspecified atom stereocenters. The van der Waals surface area contributed by atoms with Gasteiger partial charge < -0.3 is 14.1 Å². The highest BCUT2D eigenvalue weighted by molar-refractivity contribution is 6.33. The van der Waals surface area contributed by atoms with Crippen molar-refractivity contribution in [3.63, 3.8) is 0 Å². The normalized spacial score (nSPS) is 15.9. The van der Waals surface area contributed by atoms with Crippen molar-refractivity contribution in [3.05, 3.63) is 68.0 Å². The van der Waals surface area contributed by atoms with Gasteiger partial charge in [-0.3, -0.25) is 0 Å². The largest absolute Gasteiger partial charge is 0.471 e. The number of hydrogen-bond donors (Lipinski definition) is 0. The van der Waals surface area contributed by atoms with E-state index in [1.165, 1.54) is 5.56 Å². The van der Waals surface area contributed by atoms with Crippen LogP contribution in [0.1, 0.15) is 54.9 Å². The van der Waals surface area contributed by atoms with Gasteiger partial charge >= 0.3 is 5.63 Å². The third-order valence-corrected chi connectivity index (χ3v) is 6.43. The molecule has 5 rings (SSSR count). The van der Waals surface area contributed by atoms with Gasteiger partial charge in [0.25, 0.3) is 0 Å². The molecule has 2 aromatic carbocycles. The maximum absolute atomic E-state index is 12.6. The number of anilines is 1. The molecule has 2 heterocycles. The van der Waals surface area contributed by atoms with Crippen LogP contribution >= 0.6 is 11.6 Å². The molecule has 1 aromatic heterocycles. The van der Waals surface area contributed by atoms with Crippen LogP contribution < -0.4 is 15.3 Å². The van der Waals surface area contributed by atoms with Crippen molar-refractivity contribution in [3.8, 4) is 5.75 Å².